The highest BCUT2D eigenvalue weighted by Crippen LogP contribution is 2.25. The fourth-order valence-electron chi connectivity index (χ4n) is 4.72. The van der Waals surface area contributed by atoms with Crippen molar-refractivity contribution in [2.24, 2.45) is 0 Å². The number of piperazine rings is 1. The van der Waals surface area contributed by atoms with Gasteiger partial charge in [-0.2, -0.15) is 15.0 Å². The van der Waals surface area contributed by atoms with Gasteiger partial charge in [0.2, 0.25) is 17.8 Å². The maximum atomic E-state index is 12.9. The van der Waals surface area contributed by atoms with Gasteiger partial charge in [-0.25, -0.2) is 4.98 Å². The van der Waals surface area contributed by atoms with E-state index in [1.807, 2.05) is 58.9 Å². The van der Waals surface area contributed by atoms with Crippen molar-refractivity contribution in [2.75, 3.05) is 48.3 Å². The maximum absolute atomic E-state index is 12.9. The van der Waals surface area contributed by atoms with Crippen molar-refractivity contribution >= 4 is 51.0 Å². The van der Waals surface area contributed by atoms with Crippen LogP contribution in [-0.4, -0.2) is 63.5 Å². The average molecular weight is 551 g/mol. The van der Waals surface area contributed by atoms with E-state index < -0.39 is 0 Å². The summed E-state index contributed by atoms with van der Waals surface area (Å²) in [5, 5.41) is 6.78. The molecule has 1 atom stereocenters. The Balaban J connectivity index is 1.21. The first kappa shape index (κ1) is 25.7. The van der Waals surface area contributed by atoms with E-state index in [-0.39, 0.29) is 11.8 Å². The number of aromatic nitrogens is 4. The Labute approximate surface area is 236 Å². The van der Waals surface area contributed by atoms with Crippen LogP contribution >= 0.6 is 11.3 Å². The molecule has 1 aliphatic rings. The van der Waals surface area contributed by atoms with Crippen LogP contribution in [0.1, 0.15) is 28.8 Å². The summed E-state index contributed by atoms with van der Waals surface area (Å²) in [5.41, 5.74) is 5.65. The summed E-state index contributed by atoms with van der Waals surface area (Å²) in [6, 6.07) is 25.8. The minimum atomic E-state index is 0.0500. The van der Waals surface area contributed by atoms with E-state index in [0.29, 0.717) is 56.1 Å². The van der Waals surface area contributed by atoms with Crippen LogP contribution in [0.3, 0.4) is 0 Å². The van der Waals surface area contributed by atoms with E-state index in [4.69, 9.17) is 15.0 Å². The molecule has 1 fully saturated rings. The largest absolute Gasteiger partial charge is 0.353 e. The molecule has 5 aromatic rings. The van der Waals surface area contributed by atoms with Crippen LogP contribution in [0.2, 0.25) is 0 Å². The van der Waals surface area contributed by atoms with Gasteiger partial charge in [0.1, 0.15) is 0 Å². The van der Waals surface area contributed by atoms with Gasteiger partial charge in [-0.3, -0.25) is 4.79 Å². The Hall–Kier alpha value is -4.57. The Morgan fingerprint density at radius 3 is 2.40 bits per heavy atom. The third-order valence-corrected chi connectivity index (χ3v) is 7.81. The lowest BCUT2D eigenvalue weighted by Crippen LogP contribution is -2.49. The van der Waals surface area contributed by atoms with E-state index in [9.17, 15) is 4.79 Å². The smallest absolute Gasteiger partial charge is 0.253 e. The van der Waals surface area contributed by atoms with E-state index in [1.54, 1.807) is 11.3 Å². The summed E-state index contributed by atoms with van der Waals surface area (Å²) in [7, 11) is 0. The minimum Gasteiger partial charge on any atom is -0.353 e. The molecule has 0 aliphatic carbocycles. The van der Waals surface area contributed by atoms with Crippen LogP contribution in [0.5, 0.6) is 0 Å². The van der Waals surface area contributed by atoms with Crippen LogP contribution < -0.4 is 15.5 Å². The predicted molar refractivity (Wildman–Crippen MR) is 161 cm³/mol. The Morgan fingerprint density at radius 2 is 1.62 bits per heavy atom. The van der Waals surface area contributed by atoms with Gasteiger partial charge in [0.15, 0.2) is 0 Å². The predicted octanol–water partition coefficient (Wildman–Crippen LogP) is 5.40. The molecule has 1 amide bonds. The third-order valence-electron chi connectivity index (χ3n) is 7.02. The molecule has 202 valence electrons. The van der Waals surface area contributed by atoms with Gasteiger partial charge in [0.05, 0.1) is 15.7 Å². The highest BCUT2D eigenvalue weighted by atomic mass is 32.1. The molecule has 0 bridgehead atoms. The molecule has 2 aromatic heterocycles. The number of nitrogens with one attached hydrogen (secondary N) is 2. The first-order valence-electron chi connectivity index (χ1n) is 13.4. The summed E-state index contributed by atoms with van der Waals surface area (Å²) < 4.78 is 1.09. The first-order chi connectivity index (χ1) is 19.6. The van der Waals surface area contributed by atoms with Crippen molar-refractivity contribution in [3.63, 3.8) is 0 Å². The number of thiazole rings is 1. The van der Waals surface area contributed by atoms with Crippen molar-refractivity contribution in [1.82, 2.24) is 24.8 Å². The number of hydrogen-bond acceptors (Lipinski definition) is 9. The van der Waals surface area contributed by atoms with Crippen molar-refractivity contribution in [3.8, 4) is 0 Å². The van der Waals surface area contributed by atoms with Gasteiger partial charge < -0.3 is 20.4 Å². The molecule has 40 heavy (non-hydrogen) atoms. The number of carbonyl (C=O) groups is 1. The molecule has 1 aliphatic heterocycles. The zero-order chi connectivity index (χ0) is 27.3. The van der Waals surface area contributed by atoms with Crippen LogP contribution in [-0.2, 0) is 0 Å². The lowest BCUT2D eigenvalue weighted by atomic mass is 10.0. The van der Waals surface area contributed by atoms with Crippen molar-refractivity contribution in [3.05, 3.63) is 95.5 Å². The standard InChI is InChI=1S/C30H30N8OS/c1-21(22-8-4-2-5-9-22)19-31-28-34-29(33-24-12-13-25-26(18-24)40-20-32-25)36-30(35-28)38-16-14-37(15-17-38)27(39)23-10-6-3-7-11-23/h2-13,18,20-21H,14-17,19H2,1H3,(H2,31,33,34,35,36). The molecular formula is C30H30N8OS. The molecule has 10 heteroatoms. The Morgan fingerprint density at radius 1 is 0.900 bits per heavy atom. The SMILES string of the molecule is CC(CNc1nc(Nc2ccc3ncsc3c2)nc(N2CCN(C(=O)c3ccccc3)CC2)n1)c1ccccc1. The lowest BCUT2D eigenvalue weighted by molar-refractivity contribution is 0.0746. The normalized spacial score (nSPS) is 14.2. The molecule has 0 spiro atoms. The monoisotopic (exact) mass is 550 g/mol. The highest BCUT2D eigenvalue weighted by Gasteiger charge is 2.24. The first-order valence-corrected chi connectivity index (χ1v) is 14.2. The van der Waals surface area contributed by atoms with Gasteiger partial charge in [0, 0.05) is 44.0 Å². The van der Waals surface area contributed by atoms with Crippen molar-refractivity contribution < 1.29 is 4.79 Å². The van der Waals surface area contributed by atoms with E-state index >= 15 is 0 Å². The summed E-state index contributed by atoms with van der Waals surface area (Å²) >= 11 is 1.59. The van der Waals surface area contributed by atoms with E-state index in [1.165, 1.54) is 5.56 Å². The van der Waals surface area contributed by atoms with Gasteiger partial charge >= 0.3 is 0 Å². The second kappa shape index (κ2) is 11.7. The highest BCUT2D eigenvalue weighted by molar-refractivity contribution is 7.16. The molecule has 9 nitrogen and oxygen atoms in total. The second-order valence-corrected chi connectivity index (χ2v) is 10.7. The van der Waals surface area contributed by atoms with E-state index in [0.717, 1.165) is 15.9 Å². The maximum Gasteiger partial charge on any atom is 0.253 e. The molecule has 2 N–H and O–H groups in total. The van der Waals surface area contributed by atoms with Crippen LogP contribution in [0, 0.1) is 0 Å². The molecule has 1 saturated heterocycles. The number of fused-ring (bicyclic) bond motifs is 1. The second-order valence-electron chi connectivity index (χ2n) is 9.78. The molecule has 0 saturated carbocycles. The topological polar surface area (TPSA) is 99.2 Å². The van der Waals surface area contributed by atoms with E-state index in [2.05, 4.69) is 57.8 Å². The number of rotatable bonds is 8. The van der Waals surface area contributed by atoms with Gasteiger partial charge in [0.25, 0.3) is 5.91 Å². The van der Waals surface area contributed by atoms with Crippen LogP contribution in [0.25, 0.3) is 10.2 Å². The zero-order valence-corrected chi connectivity index (χ0v) is 23.0. The quantitative estimate of drug-likeness (QED) is 0.265. The molecule has 6 rings (SSSR count). The van der Waals surface area contributed by atoms with Crippen molar-refractivity contribution in [2.45, 2.75) is 12.8 Å². The Kier molecular flexibility index (Phi) is 7.49. The fraction of sp³-hybridized carbons (Fsp3) is 0.233. The number of carbonyl (C=O) groups excluding carboxylic acids is 1. The summed E-state index contributed by atoms with van der Waals surface area (Å²) in [4.78, 5) is 35.5. The van der Waals surface area contributed by atoms with Crippen LogP contribution in [0.15, 0.2) is 84.4 Å². The number of benzene rings is 3. The summed E-state index contributed by atoms with van der Waals surface area (Å²) in [5.74, 6) is 1.88. The molecule has 1 unspecified atom stereocenters. The number of amides is 1. The minimum absolute atomic E-state index is 0.0500. The number of anilines is 4. The molecule has 0 radical (unpaired) electrons. The average Bonchev–Trinajstić information content (AvgIpc) is 3.48. The fourth-order valence-corrected chi connectivity index (χ4v) is 5.44. The number of hydrogen-bond donors (Lipinski definition) is 2. The van der Waals surface area contributed by atoms with Crippen LogP contribution in [0.4, 0.5) is 23.5 Å². The molecule has 3 heterocycles. The third kappa shape index (κ3) is 5.86. The Bertz CT molecular complexity index is 1590. The zero-order valence-electron chi connectivity index (χ0n) is 22.2. The summed E-state index contributed by atoms with van der Waals surface area (Å²) in [6.07, 6.45) is 0. The number of nitrogens with zero attached hydrogens (tertiary/aromatic N) is 6. The summed E-state index contributed by atoms with van der Waals surface area (Å²) in [6.45, 7) is 5.31. The molecular weight excluding hydrogens is 520 g/mol. The van der Waals surface area contributed by atoms with Gasteiger partial charge in [-0.05, 0) is 41.8 Å². The lowest BCUT2D eigenvalue weighted by Gasteiger charge is -2.35. The van der Waals surface area contributed by atoms with Gasteiger partial charge in [-0.1, -0.05) is 55.5 Å². The van der Waals surface area contributed by atoms with Gasteiger partial charge in [-0.15, -0.1) is 11.3 Å². The van der Waals surface area contributed by atoms with Crippen molar-refractivity contribution in [1.29, 1.82) is 0 Å². The molecule has 3 aromatic carbocycles.